The maximum Gasteiger partial charge on any atom is 0.353 e. The Morgan fingerprint density at radius 1 is 1.42 bits per heavy atom. The summed E-state index contributed by atoms with van der Waals surface area (Å²) in [6.07, 6.45) is 1.72. The highest BCUT2D eigenvalue weighted by molar-refractivity contribution is 8.05. The van der Waals surface area contributed by atoms with Crippen LogP contribution in [0, 0.1) is 0 Å². The van der Waals surface area contributed by atoms with Gasteiger partial charge in [-0.15, -0.1) is 23.5 Å². The molecule has 0 spiro atoms. The van der Waals surface area contributed by atoms with E-state index in [1.807, 2.05) is 0 Å². The SMILES string of the molecule is CSC1=C(C(=O)O)N2C(=O)C(NC(=O)C(=NOCC(=O)O)c3cccc(N)n3)[C@@H]2SC1. The van der Waals surface area contributed by atoms with Gasteiger partial charge in [-0.2, -0.15) is 0 Å². The number of nitrogens with one attached hydrogen (secondary N) is 1. The van der Waals surface area contributed by atoms with Gasteiger partial charge < -0.3 is 26.1 Å². The smallest absolute Gasteiger partial charge is 0.353 e. The molecule has 2 aliphatic heterocycles. The van der Waals surface area contributed by atoms with Crippen molar-refractivity contribution < 1.29 is 34.2 Å². The third-order valence-corrected chi connectivity index (χ3v) is 6.53. The monoisotopic (exact) mass is 467 g/mol. The summed E-state index contributed by atoms with van der Waals surface area (Å²) in [6.45, 7) is -0.794. The quantitative estimate of drug-likeness (QED) is 0.220. The zero-order valence-electron chi connectivity index (χ0n) is 16.0. The van der Waals surface area contributed by atoms with E-state index in [-0.39, 0.29) is 22.9 Å². The highest BCUT2D eigenvalue weighted by Crippen LogP contribution is 2.42. The van der Waals surface area contributed by atoms with E-state index in [0.29, 0.717) is 10.7 Å². The van der Waals surface area contributed by atoms with Gasteiger partial charge in [-0.25, -0.2) is 14.6 Å². The van der Waals surface area contributed by atoms with Crippen LogP contribution in [0.2, 0.25) is 0 Å². The number of anilines is 1. The maximum atomic E-state index is 12.8. The molecule has 2 amide bonds. The molecule has 14 heteroatoms. The summed E-state index contributed by atoms with van der Waals surface area (Å²) in [4.78, 5) is 58.1. The van der Waals surface area contributed by atoms with E-state index in [0.717, 1.165) is 4.90 Å². The molecule has 0 aliphatic carbocycles. The molecular weight excluding hydrogens is 450 g/mol. The molecule has 1 saturated heterocycles. The summed E-state index contributed by atoms with van der Waals surface area (Å²) in [6, 6.07) is 3.41. The molecule has 1 fully saturated rings. The average Bonchev–Trinajstić information content (AvgIpc) is 2.73. The Hall–Kier alpha value is -3.26. The summed E-state index contributed by atoms with van der Waals surface area (Å²) in [5, 5.41) is 23.6. The lowest BCUT2D eigenvalue weighted by Crippen LogP contribution is -2.71. The van der Waals surface area contributed by atoms with E-state index in [2.05, 4.69) is 20.3 Å². The second kappa shape index (κ2) is 9.26. The largest absolute Gasteiger partial charge is 0.479 e. The van der Waals surface area contributed by atoms with Crippen molar-refractivity contribution in [2.45, 2.75) is 11.4 Å². The van der Waals surface area contributed by atoms with Crippen molar-refractivity contribution in [2.75, 3.05) is 24.3 Å². The molecule has 1 aromatic heterocycles. The normalized spacial score (nSPS) is 20.6. The van der Waals surface area contributed by atoms with E-state index < -0.39 is 41.8 Å². The fourth-order valence-corrected chi connectivity index (χ4v) is 5.15. The predicted octanol–water partition coefficient (Wildman–Crippen LogP) is -0.472. The molecule has 3 heterocycles. The van der Waals surface area contributed by atoms with Gasteiger partial charge in [-0.3, -0.25) is 14.5 Å². The van der Waals surface area contributed by atoms with E-state index >= 15 is 0 Å². The first-order valence-electron chi connectivity index (χ1n) is 8.65. The highest BCUT2D eigenvalue weighted by atomic mass is 32.2. The lowest BCUT2D eigenvalue weighted by Gasteiger charge is -2.49. The van der Waals surface area contributed by atoms with Crippen LogP contribution in [-0.4, -0.2) is 79.6 Å². The minimum Gasteiger partial charge on any atom is -0.479 e. The molecule has 31 heavy (non-hydrogen) atoms. The van der Waals surface area contributed by atoms with Crippen LogP contribution >= 0.6 is 23.5 Å². The number of oxime groups is 1. The van der Waals surface area contributed by atoms with Crippen molar-refractivity contribution in [2.24, 2.45) is 5.16 Å². The minimum absolute atomic E-state index is 0.0126. The number of fused-ring (bicyclic) bond motifs is 1. The topological polar surface area (TPSA) is 185 Å². The van der Waals surface area contributed by atoms with E-state index in [9.17, 15) is 24.3 Å². The van der Waals surface area contributed by atoms with Crippen LogP contribution in [0.25, 0.3) is 0 Å². The molecular formula is C17H17N5O7S2. The lowest BCUT2D eigenvalue weighted by atomic mass is 10.0. The summed E-state index contributed by atoms with van der Waals surface area (Å²) < 4.78 is 0. The average molecular weight is 467 g/mol. The summed E-state index contributed by atoms with van der Waals surface area (Å²) in [7, 11) is 0. The van der Waals surface area contributed by atoms with Crippen molar-refractivity contribution in [1.82, 2.24) is 15.2 Å². The van der Waals surface area contributed by atoms with Gasteiger partial charge in [0.15, 0.2) is 5.71 Å². The van der Waals surface area contributed by atoms with Gasteiger partial charge in [0.05, 0.1) is 0 Å². The number of nitrogens with two attached hydrogens (primary N) is 1. The summed E-state index contributed by atoms with van der Waals surface area (Å²) >= 11 is 2.56. The zero-order chi connectivity index (χ0) is 22.7. The van der Waals surface area contributed by atoms with Gasteiger partial charge in [0.1, 0.15) is 28.6 Å². The fourth-order valence-electron chi connectivity index (χ4n) is 2.90. The molecule has 0 aromatic carbocycles. The maximum absolute atomic E-state index is 12.8. The van der Waals surface area contributed by atoms with Gasteiger partial charge in [-0.05, 0) is 18.4 Å². The number of rotatable bonds is 8. The second-order valence-electron chi connectivity index (χ2n) is 6.20. The fraction of sp³-hybridized carbons (Fsp3) is 0.294. The minimum atomic E-state index is -1.30. The number of carbonyl (C=O) groups excluding carboxylic acids is 2. The van der Waals surface area contributed by atoms with Crippen LogP contribution < -0.4 is 11.1 Å². The number of hydrogen-bond acceptors (Lipinski definition) is 10. The molecule has 1 unspecified atom stereocenters. The molecule has 0 radical (unpaired) electrons. The van der Waals surface area contributed by atoms with Crippen LogP contribution in [0.5, 0.6) is 0 Å². The Labute approximate surface area is 183 Å². The Balaban J connectivity index is 1.81. The van der Waals surface area contributed by atoms with Crippen LogP contribution in [0.4, 0.5) is 5.82 Å². The van der Waals surface area contributed by atoms with Gasteiger partial charge in [0, 0.05) is 10.7 Å². The Morgan fingerprint density at radius 2 is 2.16 bits per heavy atom. The van der Waals surface area contributed by atoms with Gasteiger partial charge in [0.25, 0.3) is 11.8 Å². The molecule has 1 aromatic rings. The number of carboxylic acid groups (broad SMARTS) is 2. The van der Waals surface area contributed by atoms with Crippen molar-refractivity contribution in [3.05, 3.63) is 34.5 Å². The standard InChI is InChI=1S/C17H17N5O7S2/c1-30-8-6-31-16-12(15(26)22(16)13(8)17(27)28)20-14(25)11(21-29-5-10(23)24)7-3-2-4-9(18)19-7/h2-4,12,16H,5-6H2,1H3,(H2,18,19)(H,20,25)(H,23,24)(H,27,28)/t12?,16-/m0/s1. The Morgan fingerprint density at radius 3 is 2.77 bits per heavy atom. The van der Waals surface area contributed by atoms with Crippen LogP contribution in [0.3, 0.4) is 0 Å². The van der Waals surface area contributed by atoms with E-state index in [1.54, 1.807) is 6.26 Å². The number of aromatic nitrogens is 1. The summed E-state index contributed by atoms with van der Waals surface area (Å²) in [5.74, 6) is -3.49. The first-order valence-corrected chi connectivity index (χ1v) is 10.9. The second-order valence-corrected chi connectivity index (χ2v) is 8.20. The number of thioether (sulfide) groups is 2. The van der Waals surface area contributed by atoms with Gasteiger partial charge >= 0.3 is 11.9 Å². The first-order chi connectivity index (χ1) is 14.7. The molecule has 0 bridgehead atoms. The third-order valence-electron chi connectivity index (χ3n) is 4.24. The first kappa shape index (κ1) is 22.4. The van der Waals surface area contributed by atoms with Crippen LogP contribution in [0.1, 0.15) is 5.69 Å². The Bertz CT molecular complexity index is 1010. The molecule has 164 valence electrons. The predicted molar refractivity (Wildman–Crippen MR) is 112 cm³/mol. The Kier molecular flexibility index (Phi) is 6.70. The number of carbonyl (C=O) groups is 4. The van der Waals surface area contributed by atoms with Gasteiger partial charge in [0.2, 0.25) is 6.61 Å². The number of nitrogen functional groups attached to an aromatic ring is 1. The van der Waals surface area contributed by atoms with Crippen molar-refractivity contribution in [3.63, 3.8) is 0 Å². The molecule has 2 atom stereocenters. The van der Waals surface area contributed by atoms with E-state index in [4.69, 9.17) is 10.8 Å². The zero-order valence-corrected chi connectivity index (χ0v) is 17.6. The third kappa shape index (κ3) is 4.59. The van der Waals surface area contributed by atoms with Crippen molar-refractivity contribution in [1.29, 1.82) is 0 Å². The molecule has 3 rings (SSSR count). The molecule has 2 aliphatic rings. The number of hydrogen-bond donors (Lipinski definition) is 4. The molecule has 12 nitrogen and oxygen atoms in total. The van der Waals surface area contributed by atoms with Crippen LogP contribution in [0.15, 0.2) is 34.0 Å². The van der Waals surface area contributed by atoms with Crippen LogP contribution in [-0.2, 0) is 24.0 Å². The number of carboxylic acids is 2. The highest BCUT2D eigenvalue weighted by Gasteiger charge is 2.54. The molecule has 0 saturated carbocycles. The van der Waals surface area contributed by atoms with Gasteiger partial charge in [-0.1, -0.05) is 11.2 Å². The number of β-lactam (4-membered cyclic amide) rings is 1. The molecule has 5 N–H and O–H groups in total. The van der Waals surface area contributed by atoms with Crippen molar-refractivity contribution >= 4 is 58.8 Å². The number of pyridine rings is 1. The number of nitrogens with zero attached hydrogens (tertiary/aromatic N) is 3. The van der Waals surface area contributed by atoms with E-state index in [1.165, 1.54) is 41.7 Å². The number of aliphatic carboxylic acids is 2. The van der Waals surface area contributed by atoms with Crippen molar-refractivity contribution in [3.8, 4) is 0 Å². The summed E-state index contributed by atoms with van der Waals surface area (Å²) in [5.41, 5.74) is 5.17. The lowest BCUT2D eigenvalue weighted by molar-refractivity contribution is -0.150. The number of amides is 2.